The van der Waals surface area contributed by atoms with E-state index in [0.717, 1.165) is 25.1 Å². The van der Waals surface area contributed by atoms with E-state index >= 15 is 0 Å². The summed E-state index contributed by atoms with van der Waals surface area (Å²) in [7, 11) is 1.66. The number of carbonyl (C=O) groups excluding carboxylic acids is 1. The molecule has 1 aliphatic rings. The summed E-state index contributed by atoms with van der Waals surface area (Å²) in [6.45, 7) is 8.70. The van der Waals surface area contributed by atoms with Crippen LogP contribution in [-0.2, 0) is 11.2 Å². The zero-order valence-electron chi connectivity index (χ0n) is 14.3. The van der Waals surface area contributed by atoms with Gasteiger partial charge in [0.25, 0.3) is 0 Å². The van der Waals surface area contributed by atoms with E-state index in [1.807, 2.05) is 37.8 Å². The molecule has 1 amide bonds. The Morgan fingerprint density at radius 2 is 1.91 bits per heavy atom. The predicted octanol–water partition coefficient (Wildman–Crippen LogP) is 3.88. The Labute approximate surface area is 133 Å². The summed E-state index contributed by atoms with van der Waals surface area (Å²) >= 11 is 0. The van der Waals surface area contributed by atoms with Crippen molar-refractivity contribution >= 4 is 6.09 Å². The number of hydrogen-bond donors (Lipinski definition) is 0. The van der Waals surface area contributed by atoms with Gasteiger partial charge in [-0.15, -0.1) is 0 Å². The van der Waals surface area contributed by atoms with Gasteiger partial charge in [-0.05, 0) is 57.2 Å². The molecule has 2 atom stereocenters. The third-order valence-electron chi connectivity index (χ3n) is 4.11. The second-order valence-corrected chi connectivity index (χ2v) is 7.06. The number of rotatable bonds is 3. The van der Waals surface area contributed by atoms with Crippen molar-refractivity contribution in [1.82, 2.24) is 4.90 Å². The molecule has 4 nitrogen and oxygen atoms in total. The topological polar surface area (TPSA) is 38.8 Å². The zero-order chi connectivity index (χ0) is 16.3. The molecule has 0 aliphatic carbocycles. The van der Waals surface area contributed by atoms with Crippen molar-refractivity contribution in [3.05, 3.63) is 29.8 Å². The summed E-state index contributed by atoms with van der Waals surface area (Å²) in [4.78, 5) is 14.3. The van der Waals surface area contributed by atoms with Gasteiger partial charge in [0.15, 0.2) is 0 Å². The summed E-state index contributed by atoms with van der Waals surface area (Å²) in [6, 6.07) is 8.26. The van der Waals surface area contributed by atoms with Crippen LogP contribution >= 0.6 is 0 Å². The quantitative estimate of drug-likeness (QED) is 0.850. The highest BCUT2D eigenvalue weighted by molar-refractivity contribution is 5.69. The molecule has 122 valence electrons. The fraction of sp³-hybridized carbons (Fsp3) is 0.611. The Morgan fingerprint density at radius 3 is 2.45 bits per heavy atom. The number of hydrogen-bond acceptors (Lipinski definition) is 3. The van der Waals surface area contributed by atoms with Crippen LogP contribution in [0.25, 0.3) is 0 Å². The molecule has 0 bridgehead atoms. The number of benzene rings is 1. The fourth-order valence-corrected chi connectivity index (χ4v) is 2.87. The van der Waals surface area contributed by atoms with E-state index in [9.17, 15) is 4.79 Å². The number of carbonyl (C=O) groups is 1. The minimum absolute atomic E-state index is 0.197. The van der Waals surface area contributed by atoms with Crippen molar-refractivity contribution in [2.75, 3.05) is 13.7 Å². The maximum Gasteiger partial charge on any atom is 0.410 e. The number of ether oxygens (including phenoxy) is 2. The minimum atomic E-state index is -0.451. The van der Waals surface area contributed by atoms with Crippen molar-refractivity contribution in [3.8, 4) is 5.75 Å². The molecule has 0 saturated carbocycles. The van der Waals surface area contributed by atoms with Crippen molar-refractivity contribution in [2.24, 2.45) is 5.92 Å². The minimum Gasteiger partial charge on any atom is -0.497 e. The van der Waals surface area contributed by atoms with E-state index in [1.54, 1.807) is 7.11 Å². The summed E-state index contributed by atoms with van der Waals surface area (Å²) in [6.07, 6.45) is 1.68. The van der Waals surface area contributed by atoms with Crippen LogP contribution in [0.2, 0.25) is 0 Å². The Balaban J connectivity index is 2.07. The third-order valence-corrected chi connectivity index (χ3v) is 4.11. The number of nitrogens with zero attached hydrogens (tertiary/aromatic N) is 1. The monoisotopic (exact) mass is 305 g/mol. The van der Waals surface area contributed by atoms with Crippen molar-refractivity contribution < 1.29 is 14.3 Å². The van der Waals surface area contributed by atoms with Crippen LogP contribution in [0.1, 0.15) is 39.7 Å². The molecule has 1 aromatic carbocycles. The van der Waals surface area contributed by atoms with Gasteiger partial charge in [-0.3, -0.25) is 0 Å². The van der Waals surface area contributed by atoms with Crippen molar-refractivity contribution in [3.63, 3.8) is 0 Å². The molecule has 1 fully saturated rings. The highest BCUT2D eigenvalue weighted by Gasteiger charge is 2.36. The van der Waals surface area contributed by atoms with E-state index in [1.165, 1.54) is 5.56 Å². The molecule has 1 heterocycles. The molecular formula is C18H27NO3. The largest absolute Gasteiger partial charge is 0.497 e. The first-order valence-corrected chi connectivity index (χ1v) is 7.92. The molecule has 22 heavy (non-hydrogen) atoms. The summed E-state index contributed by atoms with van der Waals surface area (Å²) < 4.78 is 10.7. The Hall–Kier alpha value is -1.71. The van der Waals surface area contributed by atoms with Gasteiger partial charge in [-0.1, -0.05) is 19.1 Å². The first-order valence-electron chi connectivity index (χ1n) is 7.92. The van der Waals surface area contributed by atoms with Crippen LogP contribution < -0.4 is 4.74 Å². The standard InChI is InChI=1S/C18H27NO3/c1-13-10-11-19(17(20)22-18(2,3)4)16(13)12-14-6-8-15(21-5)9-7-14/h6-9,13,16H,10-12H2,1-5H3/t13-,16+/m1/s1. The number of amides is 1. The summed E-state index contributed by atoms with van der Waals surface area (Å²) in [5.41, 5.74) is 0.765. The number of likely N-dealkylation sites (tertiary alicyclic amines) is 1. The van der Waals surface area contributed by atoms with Gasteiger partial charge in [-0.2, -0.15) is 0 Å². The Bertz CT molecular complexity index is 504. The molecule has 0 unspecified atom stereocenters. The Morgan fingerprint density at radius 1 is 1.27 bits per heavy atom. The van der Waals surface area contributed by atoms with Gasteiger partial charge in [0.05, 0.1) is 7.11 Å². The molecule has 4 heteroatoms. The molecule has 1 saturated heterocycles. The maximum absolute atomic E-state index is 12.4. The molecule has 1 aromatic rings. The molecule has 1 aliphatic heterocycles. The Kier molecular flexibility index (Phi) is 4.99. The second-order valence-electron chi connectivity index (χ2n) is 7.06. The summed E-state index contributed by atoms with van der Waals surface area (Å²) in [5, 5.41) is 0. The van der Waals surface area contributed by atoms with E-state index < -0.39 is 5.60 Å². The zero-order valence-corrected chi connectivity index (χ0v) is 14.3. The predicted molar refractivity (Wildman–Crippen MR) is 87.2 cm³/mol. The first kappa shape index (κ1) is 16.7. The van der Waals surface area contributed by atoms with Crippen LogP contribution in [0, 0.1) is 5.92 Å². The third kappa shape index (κ3) is 4.15. The highest BCUT2D eigenvalue weighted by Crippen LogP contribution is 2.29. The van der Waals surface area contributed by atoms with Gasteiger partial charge in [0, 0.05) is 12.6 Å². The van der Waals surface area contributed by atoms with Crippen LogP contribution in [-0.4, -0.2) is 36.3 Å². The fourth-order valence-electron chi connectivity index (χ4n) is 2.87. The van der Waals surface area contributed by atoms with Crippen molar-refractivity contribution in [1.29, 1.82) is 0 Å². The first-order chi connectivity index (χ1) is 10.3. The molecule has 0 radical (unpaired) electrons. The highest BCUT2D eigenvalue weighted by atomic mass is 16.6. The lowest BCUT2D eigenvalue weighted by Gasteiger charge is -2.30. The molecular weight excluding hydrogens is 278 g/mol. The number of methoxy groups -OCH3 is 1. The lowest BCUT2D eigenvalue weighted by Crippen LogP contribution is -2.42. The smallest absolute Gasteiger partial charge is 0.410 e. The van der Waals surface area contributed by atoms with E-state index in [2.05, 4.69) is 19.1 Å². The van der Waals surface area contributed by atoms with Crippen LogP contribution in [0.3, 0.4) is 0 Å². The summed E-state index contributed by atoms with van der Waals surface area (Å²) in [5.74, 6) is 1.34. The van der Waals surface area contributed by atoms with E-state index in [4.69, 9.17) is 9.47 Å². The maximum atomic E-state index is 12.4. The van der Waals surface area contributed by atoms with Gasteiger partial charge >= 0.3 is 6.09 Å². The molecule has 0 N–H and O–H groups in total. The molecule has 2 rings (SSSR count). The van der Waals surface area contributed by atoms with Crippen molar-refractivity contribution in [2.45, 2.75) is 52.2 Å². The average Bonchev–Trinajstić information content (AvgIpc) is 2.79. The normalized spacial score (nSPS) is 21.8. The average molecular weight is 305 g/mol. The lowest BCUT2D eigenvalue weighted by atomic mass is 9.96. The van der Waals surface area contributed by atoms with Gasteiger partial charge in [0.2, 0.25) is 0 Å². The SMILES string of the molecule is COc1ccc(C[C@H]2[C@H](C)CCN2C(=O)OC(C)(C)C)cc1. The molecule has 0 spiro atoms. The van der Waals surface area contributed by atoms with Gasteiger partial charge in [-0.25, -0.2) is 4.79 Å². The van der Waals surface area contributed by atoms with Crippen LogP contribution in [0.4, 0.5) is 4.79 Å². The van der Waals surface area contributed by atoms with Gasteiger partial charge < -0.3 is 14.4 Å². The van der Waals surface area contributed by atoms with E-state index in [0.29, 0.717) is 5.92 Å². The van der Waals surface area contributed by atoms with E-state index in [-0.39, 0.29) is 12.1 Å². The van der Waals surface area contributed by atoms with Gasteiger partial charge in [0.1, 0.15) is 11.4 Å². The second kappa shape index (κ2) is 6.59. The molecule has 0 aromatic heterocycles. The lowest BCUT2D eigenvalue weighted by molar-refractivity contribution is 0.0211. The van der Waals surface area contributed by atoms with Crippen LogP contribution in [0.15, 0.2) is 24.3 Å². The van der Waals surface area contributed by atoms with Crippen LogP contribution in [0.5, 0.6) is 5.75 Å².